The molecule has 1 atom stereocenters. The van der Waals surface area contributed by atoms with E-state index in [4.69, 9.17) is 9.47 Å². The third-order valence-corrected chi connectivity index (χ3v) is 3.74. The third-order valence-electron chi connectivity index (χ3n) is 3.74. The van der Waals surface area contributed by atoms with Crippen molar-refractivity contribution in [3.8, 4) is 5.75 Å². The molecule has 0 fully saturated rings. The van der Waals surface area contributed by atoms with Gasteiger partial charge in [-0.2, -0.15) is 0 Å². The molecule has 6 nitrogen and oxygen atoms in total. The van der Waals surface area contributed by atoms with Gasteiger partial charge in [0.15, 0.2) is 5.96 Å². The molecule has 2 N–H and O–H groups in total. The zero-order chi connectivity index (χ0) is 18.5. The van der Waals surface area contributed by atoms with E-state index in [0.29, 0.717) is 6.54 Å². The lowest BCUT2D eigenvalue weighted by Crippen LogP contribution is -2.41. The van der Waals surface area contributed by atoms with Crippen molar-refractivity contribution in [1.29, 1.82) is 0 Å². The maximum atomic E-state index is 5.98. The average Bonchev–Trinajstić information content (AvgIpc) is 2.60. The van der Waals surface area contributed by atoms with Gasteiger partial charge in [0.25, 0.3) is 0 Å². The second kappa shape index (κ2) is 12.6. The normalized spacial score (nSPS) is 13.0. The molecular formula is C19H34N4O2. The predicted molar refractivity (Wildman–Crippen MR) is 105 cm³/mol. The van der Waals surface area contributed by atoms with Crippen LogP contribution in [0.25, 0.3) is 0 Å². The van der Waals surface area contributed by atoms with Crippen LogP contribution in [0.4, 0.5) is 0 Å². The van der Waals surface area contributed by atoms with Crippen molar-refractivity contribution in [3.63, 3.8) is 0 Å². The van der Waals surface area contributed by atoms with E-state index in [1.807, 2.05) is 25.1 Å². The lowest BCUT2D eigenvalue weighted by molar-refractivity contribution is 0.162. The second-order valence-electron chi connectivity index (χ2n) is 6.14. The highest BCUT2D eigenvalue weighted by Gasteiger charge is 2.06. The minimum absolute atomic E-state index is 0.0148. The number of methoxy groups -OCH3 is 1. The van der Waals surface area contributed by atoms with Gasteiger partial charge in [-0.1, -0.05) is 18.2 Å². The standard InChI is InChI=1S/C19H34N4O2/c1-6-20-19(21-11-12-23(4)13-14-24-5)22-15-17(3)25-18-10-8-7-9-16(18)2/h7-10,17H,6,11-15H2,1-5H3,(H2,20,21,22). The van der Waals surface area contributed by atoms with Crippen LogP contribution in [0, 0.1) is 6.92 Å². The highest BCUT2D eigenvalue weighted by molar-refractivity contribution is 5.79. The third kappa shape index (κ3) is 9.31. The van der Waals surface area contributed by atoms with Gasteiger partial charge < -0.3 is 25.0 Å². The quantitative estimate of drug-likeness (QED) is 0.471. The molecule has 25 heavy (non-hydrogen) atoms. The highest BCUT2D eigenvalue weighted by Crippen LogP contribution is 2.17. The smallest absolute Gasteiger partial charge is 0.191 e. The van der Waals surface area contributed by atoms with Gasteiger partial charge in [-0.25, -0.2) is 4.99 Å². The van der Waals surface area contributed by atoms with Crippen molar-refractivity contribution in [1.82, 2.24) is 15.5 Å². The Hall–Kier alpha value is -1.79. The SMILES string of the molecule is CCNC(=NCC(C)Oc1ccccc1C)NCCN(C)CCOC. The van der Waals surface area contributed by atoms with Crippen molar-refractivity contribution in [2.45, 2.75) is 26.9 Å². The van der Waals surface area contributed by atoms with E-state index in [0.717, 1.165) is 50.1 Å². The fraction of sp³-hybridized carbons (Fsp3) is 0.632. The summed E-state index contributed by atoms with van der Waals surface area (Å²) < 4.78 is 11.1. The summed E-state index contributed by atoms with van der Waals surface area (Å²) in [7, 11) is 3.81. The van der Waals surface area contributed by atoms with Gasteiger partial charge in [0.05, 0.1) is 13.2 Å². The summed E-state index contributed by atoms with van der Waals surface area (Å²) in [5.74, 6) is 1.74. The van der Waals surface area contributed by atoms with Crippen LogP contribution in [0.3, 0.4) is 0 Å². The largest absolute Gasteiger partial charge is 0.489 e. The molecule has 0 saturated heterocycles. The summed E-state index contributed by atoms with van der Waals surface area (Å²) in [6, 6.07) is 8.05. The first-order chi connectivity index (χ1) is 12.1. The lowest BCUT2D eigenvalue weighted by atomic mass is 10.2. The van der Waals surface area contributed by atoms with Crippen molar-refractivity contribution >= 4 is 5.96 Å². The Morgan fingerprint density at radius 3 is 2.68 bits per heavy atom. The molecule has 0 aromatic heterocycles. The number of aryl methyl sites for hydroxylation is 1. The summed E-state index contributed by atoms with van der Waals surface area (Å²) in [4.78, 5) is 6.85. The number of guanidine groups is 1. The minimum atomic E-state index is 0.0148. The van der Waals surface area contributed by atoms with Crippen LogP contribution in [0.2, 0.25) is 0 Å². The molecule has 0 radical (unpaired) electrons. The zero-order valence-electron chi connectivity index (χ0n) is 16.3. The molecule has 1 rings (SSSR count). The zero-order valence-corrected chi connectivity index (χ0v) is 16.3. The summed E-state index contributed by atoms with van der Waals surface area (Å²) >= 11 is 0. The van der Waals surface area contributed by atoms with Gasteiger partial charge >= 0.3 is 0 Å². The molecule has 0 heterocycles. The van der Waals surface area contributed by atoms with E-state index in [1.165, 1.54) is 0 Å². The average molecular weight is 351 g/mol. The fourth-order valence-corrected chi connectivity index (χ4v) is 2.23. The summed E-state index contributed by atoms with van der Waals surface area (Å²) in [6.07, 6.45) is 0.0148. The molecule has 0 bridgehead atoms. The Labute approximate surface area is 152 Å². The molecule has 6 heteroatoms. The van der Waals surface area contributed by atoms with Crippen molar-refractivity contribution in [3.05, 3.63) is 29.8 Å². The highest BCUT2D eigenvalue weighted by atomic mass is 16.5. The van der Waals surface area contributed by atoms with E-state index in [2.05, 4.69) is 47.5 Å². The van der Waals surface area contributed by atoms with Crippen LogP contribution >= 0.6 is 0 Å². The van der Waals surface area contributed by atoms with Gasteiger partial charge in [-0.15, -0.1) is 0 Å². The number of likely N-dealkylation sites (N-methyl/N-ethyl adjacent to an activating group) is 1. The number of aliphatic imine (C=N–C) groups is 1. The molecule has 1 aromatic carbocycles. The summed E-state index contributed by atoms with van der Waals surface area (Å²) in [6.45, 7) is 11.0. The maximum absolute atomic E-state index is 5.98. The van der Waals surface area contributed by atoms with Crippen LogP contribution in [-0.2, 0) is 4.74 Å². The number of hydrogen-bond donors (Lipinski definition) is 2. The molecule has 0 amide bonds. The molecule has 1 aromatic rings. The Morgan fingerprint density at radius 1 is 1.24 bits per heavy atom. The number of ether oxygens (including phenoxy) is 2. The molecule has 0 aliphatic heterocycles. The first kappa shape index (κ1) is 21.3. The molecule has 0 aliphatic rings. The Bertz CT molecular complexity index is 508. The van der Waals surface area contributed by atoms with Crippen LogP contribution in [0.15, 0.2) is 29.3 Å². The number of nitrogens with zero attached hydrogens (tertiary/aromatic N) is 2. The van der Waals surface area contributed by atoms with Gasteiger partial charge in [-0.3, -0.25) is 0 Å². The molecule has 0 saturated carbocycles. The Balaban J connectivity index is 2.42. The Kier molecular flexibility index (Phi) is 10.7. The number of benzene rings is 1. The number of rotatable bonds is 11. The molecule has 0 spiro atoms. The van der Waals surface area contributed by atoms with Crippen molar-refractivity contribution in [2.24, 2.45) is 4.99 Å². The molecule has 142 valence electrons. The van der Waals surface area contributed by atoms with Gasteiger partial charge in [0, 0.05) is 33.3 Å². The van der Waals surface area contributed by atoms with Crippen LogP contribution < -0.4 is 15.4 Å². The monoisotopic (exact) mass is 350 g/mol. The van der Waals surface area contributed by atoms with Gasteiger partial charge in [0.2, 0.25) is 0 Å². The predicted octanol–water partition coefficient (Wildman–Crippen LogP) is 1.90. The van der Waals surface area contributed by atoms with E-state index >= 15 is 0 Å². The number of hydrogen-bond acceptors (Lipinski definition) is 4. The van der Waals surface area contributed by atoms with E-state index in [-0.39, 0.29) is 6.10 Å². The summed E-state index contributed by atoms with van der Waals surface area (Å²) in [5.41, 5.74) is 1.14. The topological polar surface area (TPSA) is 58.1 Å². The van der Waals surface area contributed by atoms with Crippen LogP contribution in [0.5, 0.6) is 5.75 Å². The molecule has 1 unspecified atom stereocenters. The molecule has 0 aliphatic carbocycles. The lowest BCUT2D eigenvalue weighted by Gasteiger charge is -2.18. The van der Waals surface area contributed by atoms with Gasteiger partial charge in [-0.05, 0) is 39.4 Å². The number of para-hydroxylation sites is 1. The fourth-order valence-electron chi connectivity index (χ4n) is 2.23. The van der Waals surface area contributed by atoms with Crippen LogP contribution in [-0.4, -0.2) is 70.5 Å². The Morgan fingerprint density at radius 2 is 2.00 bits per heavy atom. The first-order valence-corrected chi connectivity index (χ1v) is 8.98. The van der Waals surface area contributed by atoms with Crippen molar-refractivity contribution in [2.75, 3.05) is 53.5 Å². The van der Waals surface area contributed by atoms with Crippen molar-refractivity contribution < 1.29 is 9.47 Å². The summed E-state index contributed by atoms with van der Waals surface area (Å²) in [5, 5.41) is 6.63. The van der Waals surface area contributed by atoms with E-state index in [1.54, 1.807) is 7.11 Å². The molecular weight excluding hydrogens is 316 g/mol. The van der Waals surface area contributed by atoms with E-state index < -0.39 is 0 Å². The minimum Gasteiger partial charge on any atom is -0.489 e. The van der Waals surface area contributed by atoms with E-state index in [9.17, 15) is 0 Å². The van der Waals surface area contributed by atoms with Gasteiger partial charge in [0.1, 0.15) is 11.9 Å². The number of nitrogens with one attached hydrogen (secondary N) is 2. The second-order valence-corrected chi connectivity index (χ2v) is 6.14. The van der Waals surface area contributed by atoms with Crippen LogP contribution in [0.1, 0.15) is 19.4 Å². The maximum Gasteiger partial charge on any atom is 0.191 e. The first-order valence-electron chi connectivity index (χ1n) is 8.98.